The molecule has 1 rings (SSSR count). The quantitative estimate of drug-likeness (QED) is 0.621. The van der Waals surface area contributed by atoms with E-state index in [1.807, 2.05) is 0 Å². The van der Waals surface area contributed by atoms with Crippen LogP contribution in [-0.2, 0) is 15.7 Å². The molecule has 0 saturated heterocycles. The average Bonchev–Trinajstić information content (AvgIpc) is 2.26. The summed E-state index contributed by atoms with van der Waals surface area (Å²) in [4.78, 5) is 11.6. The molecule has 0 radical (unpaired) electrons. The number of hydrogen-bond donors (Lipinski definition) is 0. The topological polar surface area (TPSA) is 26.3 Å². The molecule has 0 heterocycles. The molecule has 2 nitrogen and oxygen atoms in total. The van der Waals surface area contributed by atoms with Gasteiger partial charge in [0.1, 0.15) is 5.82 Å². The summed E-state index contributed by atoms with van der Waals surface area (Å²) in [6, 6.07) is 2.49. The van der Waals surface area contributed by atoms with Gasteiger partial charge in [0, 0.05) is 0 Å². The second-order valence-electron chi connectivity index (χ2n) is 4.48. The average molecular weight is 278 g/mol. The van der Waals surface area contributed by atoms with E-state index in [-0.39, 0.29) is 11.5 Å². The number of ether oxygens (including phenoxy) is 1. The van der Waals surface area contributed by atoms with Gasteiger partial charge in [0.15, 0.2) is 0 Å². The Hall–Kier alpha value is -1.59. The summed E-state index contributed by atoms with van der Waals surface area (Å²) in [6.45, 7) is 3.41. The number of esters is 1. The first-order valence-electron chi connectivity index (χ1n) is 5.63. The van der Waals surface area contributed by atoms with Crippen LogP contribution < -0.4 is 0 Å². The van der Waals surface area contributed by atoms with E-state index in [1.54, 1.807) is 13.8 Å². The van der Waals surface area contributed by atoms with Crippen LogP contribution in [0.25, 0.3) is 0 Å². The Morgan fingerprint density at radius 1 is 1.26 bits per heavy atom. The molecule has 1 atom stereocenters. The van der Waals surface area contributed by atoms with Gasteiger partial charge in [0.05, 0.1) is 18.6 Å². The summed E-state index contributed by atoms with van der Waals surface area (Å²) in [5.41, 5.74) is -1.17. The highest BCUT2D eigenvalue weighted by atomic mass is 19.4. The van der Waals surface area contributed by atoms with Crippen LogP contribution in [0.1, 0.15) is 30.9 Å². The molecule has 0 saturated carbocycles. The SMILES string of the molecule is COC(=O)C(c1ccc(C(F)(F)F)c(F)c1)C(C)C. The Bertz CT molecular complexity index is 466. The van der Waals surface area contributed by atoms with E-state index in [2.05, 4.69) is 4.74 Å². The Kier molecular flexibility index (Phi) is 4.55. The molecule has 6 heteroatoms. The van der Waals surface area contributed by atoms with E-state index in [4.69, 9.17) is 0 Å². The summed E-state index contributed by atoms with van der Waals surface area (Å²) in [6.07, 6.45) is -4.75. The van der Waals surface area contributed by atoms with Crippen LogP contribution in [0.3, 0.4) is 0 Å². The molecule has 0 amide bonds. The molecule has 0 aliphatic carbocycles. The van der Waals surface area contributed by atoms with Crippen molar-refractivity contribution in [2.45, 2.75) is 25.9 Å². The highest BCUT2D eigenvalue weighted by molar-refractivity contribution is 5.78. The van der Waals surface area contributed by atoms with Crippen LogP contribution in [0, 0.1) is 11.7 Å². The predicted molar refractivity (Wildman–Crippen MR) is 61.0 cm³/mol. The zero-order valence-corrected chi connectivity index (χ0v) is 10.7. The van der Waals surface area contributed by atoms with Gasteiger partial charge in [0.2, 0.25) is 0 Å². The lowest BCUT2D eigenvalue weighted by Crippen LogP contribution is -2.20. The van der Waals surface area contributed by atoms with Gasteiger partial charge in [-0.05, 0) is 23.6 Å². The third-order valence-corrected chi connectivity index (χ3v) is 2.78. The van der Waals surface area contributed by atoms with Crippen LogP contribution in [0.5, 0.6) is 0 Å². The number of hydrogen-bond acceptors (Lipinski definition) is 2. The predicted octanol–water partition coefficient (Wildman–Crippen LogP) is 3.76. The Labute approximate surface area is 108 Å². The van der Waals surface area contributed by atoms with Crippen molar-refractivity contribution in [3.63, 3.8) is 0 Å². The minimum Gasteiger partial charge on any atom is -0.469 e. The van der Waals surface area contributed by atoms with Crippen molar-refractivity contribution in [3.8, 4) is 0 Å². The maximum atomic E-state index is 13.5. The first kappa shape index (κ1) is 15.5. The third kappa shape index (κ3) is 3.45. The highest BCUT2D eigenvalue weighted by Gasteiger charge is 2.35. The molecule has 0 fully saturated rings. The lowest BCUT2D eigenvalue weighted by molar-refractivity contribution is -0.143. The van der Waals surface area contributed by atoms with Gasteiger partial charge in [-0.1, -0.05) is 19.9 Å². The first-order valence-corrected chi connectivity index (χ1v) is 5.63. The van der Waals surface area contributed by atoms with E-state index in [1.165, 1.54) is 7.11 Å². The van der Waals surface area contributed by atoms with Crippen LogP contribution in [-0.4, -0.2) is 13.1 Å². The van der Waals surface area contributed by atoms with Gasteiger partial charge in [-0.2, -0.15) is 13.2 Å². The minimum atomic E-state index is -4.75. The van der Waals surface area contributed by atoms with E-state index in [9.17, 15) is 22.4 Å². The number of rotatable bonds is 3. The second kappa shape index (κ2) is 5.59. The molecule has 0 aliphatic heterocycles. The molecule has 19 heavy (non-hydrogen) atoms. The zero-order valence-electron chi connectivity index (χ0n) is 10.7. The fourth-order valence-corrected chi connectivity index (χ4v) is 1.87. The maximum absolute atomic E-state index is 13.5. The van der Waals surface area contributed by atoms with Crippen molar-refractivity contribution < 1.29 is 27.1 Å². The monoisotopic (exact) mass is 278 g/mol. The Morgan fingerprint density at radius 2 is 1.84 bits per heavy atom. The molecule has 0 aliphatic rings. The van der Waals surface area contributed by atoms with Crippen LogP contribution >= 0.6 is 0 Å². The van der Waals surface area contributed by atoms with Gasteiger partial charge in [-0.3, -0.25) is 4.79 Å². The fraction of sp³-hybridized carbons (Fsp3) is 0.462. The molecule has 0 spiro atoms. The lowest BCUT2D eigenvalue weighted by atomic mass is 9.88. The number of alkyl halides is 3. The summed E-state index contributed by atoms with van der Waals surface area (Å²) >= 11 is 0. The number of carbonyl (C=O) groups excluding carboxylic acids is 1. The number of carbonyl (C=O) groups is 1. The molecule has 1 unspecified atom stereocenters. The summed E-state index contributed by atoms with van der Waals surface area (Å²) in [5, 5.41) is 0. The Morgan fingerprint density at radius 3 is 2.21 bits per heavy atom. The van der Waals surface area contributed by atoms with E-state index in [0.29, 0.717) is 6.07 Å². The molecule has 0 N–H and O–H groups in total. The van der Waals surface area contributed by atoms with Crippen molar-refractivity contribution in [1.82, 2.24) is 0 Å². The largest absolute Gasteiger partial charge is 0.469 e. The minimum absolute atomic E-state index is 0.173. The molecule has 0 bridgehead atoms. The number of benzene rings is 1. The summed E-state index contributed by atoms with van der Waals surface area (Å²) < 4.78 is 55.3. The van der Waals surface area contributed by atoms with E-state index < -0.39 is 29.4 Å². The smallest absolute Gasteiger partial charge is 0.419 e. The lowest BCUT2D eigenvalue weighted by Gasteiger charge is -2.19. The van der Waals surface area contributed by atoms with Crippen LogP contribution in [0.4, 0.5) is 17.6 Å². The normalized spacial score (nSPS) is 13.5. The standard InChI is InChI=1S/C13H14F4O2/c1-7(2)11(12(18)19-3)8-4-5-9(10(14)6-8)13(15,16)17/h4-7,11H,1-3H3. The molecular formula is C13H14F4O2. The molecule has 0 aromatic heterocycles. The maximum Gasteiger partial charge on any atom is 0.419 e. The van der Waals surface area contributed by atoms with Gasteiger partial charge < -0.3 is 4.74 Å². The summed E-state index contributed by atoms with van der Waals surface area (Å²) in [7, 11) is 1.18. The zero-order chi connectivity index (χ0) is 14.8. The van der Waals surface area contributed by atoms with Crippen LogP contribution in [0.2, 0.25) is 0 Å². The van der Waals surface area contributed by atoms with Gasteiger partial charge in [-0.15, -0.1) is 0 Å². The van der Waals surface area contributed by atoms with Crippen molar-refractivity contribution in [3.05, 3.63) is 35.1 Å². The number of halogens is 4. The number of methoxy groups -OCH3 is 1. The summed E-state index contributed by atoms with van der Waals surface area (Å²) in [5.74, 6) is -3.00. The van der Waals surface area contributed by atoms with Crippen molar-refractivity contribution >= 4 is 5.97 Å². The van der Waals surface area contributed by atoms with Gasteiger partial charge in [0.25, 0.3) is 0 Å². The third-order valence-electron chi connectivity index (χ3n) is 2.78. The second-order valence-corrected chi connectivity index (χ2v) is 4.48. The van der Waals surface area contributed by atoms with E-state index in [0.717, 1.165) is 12.1 Å². The van der Waals surface area contributed by atoms with Gasteiger partial charge >= 0.3 is 12.1 Å². The molecular weight excluding hydrogens is 264 g/mol. The highest BCUT2D eigenvalue weighted by Crippen LogP contribution is 2.34. The van der Waals surface area contributed by atoms with Crippen molar-refractivity contribution in [2.75, 3.05) is 7.11 Å². The van der Waals surface area contributed by atoms with Gasteiger partial charge in [-0.25, -0.2) is 4.39 Å². The van der Waals surface area contributed by atoms with Crippen molar-refractivity contribution in [2.24, 2.45) is 5.92 Å². The molecule has 1 aromatic carbocycles. The molecule has 106 valence electrons. The molecule has 1 aromatic rings. The fourth-order valence-electron chi connectivity index (χ4n) is 1.87. The van der Waals surface area contributed by atoms with Crippen LogP contribution in [0.15, 0.2) is 18.2 Å². The first-order chi connectivity index (χ1) is 8.68. The van der Waals surface area contributed by atoms with Crippen molar-refractivity contribution in [1.29, 1.82) is 0 Å². The van der Waals surface area contributed by atoms with E-state index >= 15 is 0 Å². The Balaban J connectivity index is 3.22.